The SMILES string of the molecule is CN(c1ncccn1)C1COC2(CCCN(Cc3cnn(C)c3)C2)C1.O=C(O)C(F)(F)F. The molecular formula is C20H27F3N6O3. The van der Waals surface area contributed by atoms with Crippen LogP contribution in [0.15, 0.2) is 30.9 Å². The van der Waals surface area contributed by atoms with Crippen molar-refractivity contribution in [2.24, 2.45) is 7.05 Å². The van der Waals surface area contributed by atoms with E-state index in [1.807, 2.05) is 24.0 Å². The summed E-state index contributed by atoms with van der Waals surface area (Å²) in [5.74, 6) is -1.98. The van der Waals surface area contributed by atoms with Crippen molar-refractivity contribution in [2.45, 2.75) is 43.6 Å². The normalized spacial score (nSPS) is 23.6. The molecule has 0 aliphatic carbocycles. The fourth-order valence-corrected chi connectivity index (χ4v) is 4.13. The van der Waals surface area contributed by atoms with Crippen molar-refractivity contribution in [3.05, 3.63) is 36.4 Å². The lowest BCUT2D eigenvalue weighted by molar-refractivity contribution is -0.192. The van der Waals surface area contributed by atoms with Crippen molar-refractivity contribution in [1.82, 2.24) is 24.6 Å². The number of likely N-dealkylation sites (N-methyl/N-ethyl adjacent to an activating group) is 1. The van der Waals surface area contributed by atoms with Gasteiger partial charge >= 0.3 is 12.1 Å². The number of halogens is 3. The summed E-state index contributed by atoms with van der Waals surface area (Å²) in [7, 11) is 4.03. The molecule has 4 rings (SSSR count). The molecule has 9 nitrogen and oxygen atoms in total. The van der Waals surface area contributed by atoms with E-state index in [-0.39, 0.29) is 5.60 Å². The van der Waals surface area contributed by atoms with E-state index in [2.05, 4.69) is 38.1 Å². The van der Waals surface area contributed by atoms with Crippen LogP contribution in [0.2, 0.25) is 0 Å². The van der Waals surface area contributed by atoms with Crippen LogP contribution in [0.3, 0.4) is 0 Å². The standard InChI is InChI=1S/C18H26N6O.C2HF3O2/c1-22-11-15(10-21-22)12-24-8-3-5-18(14-24)9-16(13-25-18)23(2)17-19-6-4-7-20-17;3-2(4,5)1(6)7/h4,6-7,10-11,16H,3,5,8-9,12-14H2,1-2H3;(H,6,7). The first-order chi connectivity index (χ1) is 15.1. The Labute approximate surface area is 183 Å². The highest BCUT2D eigenvalue weighted by Crippen LogP contribution is 2.37. The van der Waals surface area contributed by atoms with Crippen molar-refractivity contribution < 1.29 is 27.8 Å². The van der Waals surface area contributed by atoms with Crippen LogP contribution < -0.4 is 4.90 Å². The molecule has 2 unspecified atom stereocenters. The fourth-order valence-electron chi connectivity index (χ4n) is 4.13. The summed E-state index contributed by atoms with van der Waals surface area (Å²) in [6.07, 6.45) is 5.90. The molecule has 1 N–H and O–H groups in total. The molecule has 32 heavy (non-hydrogen) atoms. The van der Waals surface area contributed by atoms with Gasteiger partial charge in [0.1, 0.15) is 0 Å². The maximum absolute atomic E-state index is 10.6. The number of carboxylic acid groups (broad SMARTS) is 1. The summed E-state index contributed by atoms with van der Waals surface area (Å²) in [4.78, 5) is 22.3. The Morgan fingerprint density at radius 1 is 1.38 bits per heavy atom. The smallest absolute Gasteiger partial charge is 0.475 e. The molecule has 2 atom stereocenters. The molecule has 0 aromatic carbocycles. The summed E-state index contributed by atoms with van der Waals surface area (Å²) >= 11 is 0. The Morgan fingerprint density at radius 2 is 2.06 bits per heavy atom. The number of anilines is 1. The van der Waals surface area contributed by atoms with Gasteiger partial charge in [-0.05, 0) is 25.5 Å². The number of carbonyl (C=O) groups is 1. The molecule has 176 valence electrons. The van der Waals surface area contributed by atoms with Gasteiger partial charge in [-0.2, -0.15) is 18.3 Å². The maximum atomic E-state index is 10.6. The molecule has 0 radical (unpaired) electrons. The third kappa shape index (κ3) is 6.16. The first kappa shape index (κ1) is 23.9. The highest BCUT2D eigenvalue weighted by atomic mass is 19.4. The van der Waals surface area contributed by atoms with E-state index in [1.54, 1.807) is 12.4 Å². The number of aliphatic carboxylic acids is 1. The molecule has 0 amide bonds. The molecule has 2 aliphatic rings. The van der Waals surface area contributed by atoms with Gasteiger partial charge in [0.25, 0.3) is 0 Å². The third-order valence-electron chi connectivity index (χ3n) is 5.63. The van der Waals surface area contributed by atoms with Crippen LogP contribution in [0.25, 0.3) is 0 Å². The predicted octanol–water partition coefficient (Wildman–Crippen LogP) is 2.10. The van der Waals surface area contributed by atoms with E-state index >= 15 is 0 Å². The van der Waals surface area contributed by atoms with Gasteiger partial charge in [-0.1, -0.05) is 0 Å². The Kier molecular flexibility index (Phi) is 7.34. The van der Waals surface area contributed by atoms with Crippen molar-refractivity contribution in [2.75, 3.05) is 31.6 Å². The maximum Gasteiger partial charge on any atom is 0.490 e. The number of rotatable bonds is 4. The lowest BCUT2D eigenvalue weighted by atomic mass is 9.88. The van der Waals surface area contributed by atoms with E-state index in [1.165, 1.54) is 12.0 Å². The van der Waals surface area contributed by atoms with Gasteiger partial charge in [0, 0.05) is 57.8 Å². The zero-order valence-electron chi connectivity index (χ0n) is 18.0. The first-order valence-corrected chi connectivity index (χ1v) is 10.2. The summed E-state index contributed by atoms with van der Waals surface area (Å²) < 4.78 is 40.0. The van der Waals surface area contributed by atoms with Crippen molar-refractivity contribution in [1.29, 1.82) is 0 Å². The highest BCUT2D eigenvalue weighted by Gasteiger charge is 2.45. The zero-order chi connectivity index (χ0) is 23.4. The third-order valence-corrected chi connectivity index (χ3v) is 5.63. The van der Waals surface area contributed by atoms with Crippen LogP contribution in [-0.4, -0.2) is 80.3 Å². The second-order valence-corrected chi connectivity index (χ2v) is 8.15. The Bertz CT molecular complexity index is 894. The quantitative estimate of drug-likeness (QED) is 0.747. The minimum Gasteiger partial charge on any atom is -0.475 e. The van der Waals surface area contributed by atoms with Crippen molar-refractivity contribution in [3.8, 4) is 0 Å². The predicted molar refractivity (Wildman–Crippen MR) is 109 cm³/mol. The molecule has 4 heterocycles. The van der Waals surface area contributed by atoms with E-state index in [0.29, 0.717) is 6.04 Å². The van der Waals surface area contributed by atoms with Crippen LogP contribution in [0.1, 0.15) is 24.8 Å². The number of piperidine rings is 1. The summed E-state index contributed by atoms with van der Waals surface area (Å²) in [5, 5.41) is 11.4. The lowest BCUT2D eigenvalue weighted by Crippen LogP contribution is -2.48. The van der Waals surface area contributed by atoms with Crippen LogP contribution in [0.4, 0.5) is 19.1 Å². The Balaban J connectivity index is 0.000000360. The molecule has 12 heteroatoms. The highest BCUT2D eigenvalue weighted by molar-refractivity contribution is 5.73. The monoisotopic (exact) mass is 456 g/mol. The van der Waals surface area contributed by atoms with Crippen LogP contribution in [0, 0.1) is 0 Å². The molecule has 2 saturated heterocycles. The molecular weight excluding hydrogens is 429 g/mol. The van der Waals surface area contributed by atoms with Gasteiger partial charge in [0.05, 0.1) is 24.4 Å². The van der Waals surface area contributed by atoms with Crippen LogP contribution in [0.5, 0.6) is 0 Å². The minimum absolute atomic E-state index is 0.0336. The van der Waals surface area contributed by atoms with E-state index in [9.17, 15) is 13.2 Å². The molecule has 2 aliphatic heterocycles. The van der Waals surface area contributed by atoms with Gasteiger partial charge < -0.3 is 14.7 Å². The van der Waals surface area contributed by atoms with Crippen molar-refractivity contribution in [3.63, 3.8) is 0 Å². The molecule has 2 fully saturated rings. The van der Waals surface area contributed by atoms with Crippen LogP contribution in [-0.2, 0) is 23.1 Å². The lowest BCUT2D eigenvalue weighted by Gasteiger charge is -2.39. The Morgan fingerprint density at radius 3 is 2.66 bits per heavy atom. The number of nitrogens with zero attached hydrogens (tertiary/aromatic N) is 6. The van der Waals surface area contributed by atoms with Crippen molar-refractivity contribution >= 4 is 11.9 Å². The van der Waals surface area contributed by atoms with Crippen LogP contribution >= 0.6 is 0 Å². The van der Waals surface area contributed by atoms with E-state index in [0.717, 1.165) is 45.0 Å². The fraction of sp³-hybridized carbons (Fsp3) is 0.600. The number of ether oxygens (including phenoxy) is 1. The number of aryl methyl sites for hydroxylation is 1. The number of hydrogen-bond donors (Lipinski definition) is 1. The second-order valence-electron chi connectivity index (χ2n) is 8.15. The molecule has 1 spiro atoms. The van der Waals surface area contributed by atoms with Gasteiger partial charge in [-0.25, -0.2) is 14.8 Å². The number of aromatic nitrogens is 4. The average molecular weight is 456 g/mol. The van der Waals surface area contributed by atoms with E-state index in [4.69, 9.17) is 14.6 Å². The average Bonchev–Trinajstić information content (AvgIpc) is 3.34. The van der Waals surface area contributed by atoms with Gasteiger partial charge in [0.15, 0.2) is 0 Å². The number of hydrogen-bond acceptors (Lipinski definition) is 7. The second kappa shape index (κ2) is 9.82. The topological polar surface area (TPSA) is 96.6 Å². The summed E-state index contributed by atoms with van der Waals surface area (Å²) in [5.41, 5.74) is 1.23. The summed E-state index contributed by atoms with van der Waals surface area (Å²) in [6, 6.07) is 2.18. The van der Waals surface area contributed by atoms with Gasteiger partial charge in [0.2, 0.25) is 5.95 Å². The Hall–Kier alpha value is -2.73. The van der Waals surface area contributed by atoms with Gasteiger partial charge in [-0.3, -0.25) is 9.58 Å². The molecule has 0 bridgehead atoms. The van der Waals surface area contributed by atoms with E-state index < -0.39 is 12.1 Å². The summed E-state index contributed by atoms with van der Waals surface area (Å²) in [6.45, 7) is 3.81. The molecule has 2 aromatic rings. The number of carboxylic acids is 1. The zero-order valence-corrected chi connectivity index (χ0v) is 18.0. The molecule has 0 saturated carbocycles. The molecule has 2 aromatic heterocycles. The first-order valence-electron chi connectivity index (χ1n) is 10.2. The number of alkyl halides is 3. The van der Waals surface area contributed by atoms with Gasteiger partial charge in [-0.15, -0.1) is 0 Å². The number of likely N-dealkylation sites (tertiary alicyclic amines) is 1. The largest absolute Gasteiger partial charge is 0.490 e. The minimum atomic E-state index is -5.08.